The van der Waals surface area contributed by atoms with Gasteiger partial charge in [-0.05, 0) is 26.2 Å². The Hall–Kier alpha value is -0.940. The Morgan fingerprint density at radius 2 is 2.00 bits per heavy atom. The monoisotopic (exact) mass is 201 g/mol. The maximum Gasteiger partial charge on any atom is 0.390 e. The van der Waals surface area contributed by atoms with Crippen molar-refractivity contribution < 1.29 is 19.1 Å². The highest BCUT2D eigenvalue weighted by molar-refractivity contribution is 5.73. The Bertz CT molecular complexity index is 197. The van der Waals surface area contributed by atoms with Gasteiger partial charge in [0.1, 0.15) is 0 Å². The van der Waals surface area contributed by atoms with E-state index in [9.17, 15) is 4.79 Å². The van der Waals surface area contributed by atoms with E-state index >= 15 is 0 Å². The molecule has 0 aromatic carbocycles. The van der Waals surface area contributed by atoms with Crippen LogP contribution in [0.15, 0.2) is 5.16 Å². The number of carbonyl (C=O) groups excluding carboxylic acids is 1. The van der Waals surface area contributed by atoms with E-state index in [1.807, 2.05) is 0 Å². The van der Waals surface area contributed by atoms with Crippen molar-refractivity contribution in [1.82, 2.24) is 0 Å². The molecule has 1 aliphatic heterocycles. The molecule has 0 aromatic rings. The van der Waals surface area contributed by atoms with Crippen molar-refractivity contribution in [3.63, 3.8) is 0 Å². The molecule has 5 heteroatoms. The van der Waals surface area contributed by atoms with E-state index in [-0.39, 0.29) is 0 Å². The first-order chi connectivity index (χ1) is 6.84. The first-order valence-corrected chi connectivity index (χ1v) is 4.76. The molecule has 1 rings (SSSR count). The Labute approximate surface area is 83.0 Å². The summed E-state index contributed by atoms with van der Waals surface area (Å²) in [7, 11) is 0. The molecule has 0 radical (unpaired) electrons. The number of rotatable bonds is 2. The smallest absolute Gasteiger partial charge is 0.343 e. The minimum absolute atomic E-state index is 0.523. The van der Waals surface area contributed by atoms with Gasteiger partial charge in [0.15, 0.2) is 0 Å². The molecule has 80 valence electrons. The number of nitrogens with zero attached hydrogens (tertiary/aromatic N) is 1. The zero-order valence-corrected chi connectivity index (χ0v) is 8.27. The van der Waals surface area contributed by atoms with Crippen molar-refractivity contribution in [3.05, 3.63) is 0 Å². The van der Waals surface area contributed by atoms with Crippen molar-refractivity contribution in [2.75, 3.05) is 13.2 Å². The van der Waals surface area contributed by atoms with Crippen molar-refractivity contribution in [1.29, 1.82) is 0 Å². The van der Waals surface area contributed by atoms with Crippen molar-refractivity contribution in [3.8, 4) is 0 Å². The third kappa shape index (κ3) is 3.85. The van der Waals surface area contributed by atoms with Gasteiger partial charge in [-0.3, -0.25) is 0 Å². The molecule has 0 aliphatic carbocycles. The molecule has 1 fully saturated rings. The fraction of sp³-hybridized carbons (Fsp3) is 0.778. The summed E-state index contributed by atoms with van der Waals surface area (Å²) < 4.78 is 10.3. The summed E-state index contributed by atoms with van der Waals surface area (Å²) in [5.41, 5.74) is 0. The van der Waals surface area contributed by atoms with Gasteiger partial charge in [-0.1, -0.05) is 5.16 Å². The van der Waals surface area contributed by atoms with E-state index in [0.29, 0.717) is 13.2 Å². The van der Waals surface area contributed by atoms with E-state index in [4.69, 9.17) is 9.47 Å². The van der Waals surface area contributed by atoms with Gasteiger partial charge in [0.25, 0.3) is 6.29 Å². The topological polar surface area (TPSA) is 57.1 Å². The van der Waals surface area contributed by atoms with Crippen LogP contribution in [0.5, 0.6) is 0 Å². The van der Waals surface area contributed by atoms with Gasteiger partial charge in [0.05, 0.1) is 13.2 Å². The Balaban J connectivity index is 2.35. The van der Waals surface area contributed by atoms with Crippen LogP contribution >= 0.6 is 0 Å². The molecule has 1 aliphatic rings. The normalized spacial score (nSPS) is 20.4. The lowest BCUT2D eigenvalue weighted by molar-refractivity contribution is -0.198. The maximum atomic E-state index is 11.2. The first kappa shape index (κ1) is 11.1. The van der Waals surface area contributed by atoms with Crippen LogP contribution in [-0.2, 0) is 19.1 Å². The van der Waals surface area contributed by atoms with Crippen LogP contribution in [0, 0.1) is 0 Å². The summed E-state index contributed by atoms with van der Waals surface area (Å²) in [5, 5.41) is 3.37. The van der Waals surface area contributed by atoms with Crippen molar-refractivity contribution in [2.24, 2.45) is 5.16 Å². The van der Waals surface area contributed by atoms with Crippen LogP contribution in [-0.4, -0.2) is 31.7 Å². The second-order valence-electron chi connectivity index (χ2n) is 2.91. The number of hydrogen-bond donors (Lipinski definition) is 0. The molecule has 0 bridgehead atoms. The second-order valence-corrected chi connectivity index (χ2v) is 2.91. The van der Waals surface area contributed by atoms with Gasteiger partial charge in [-0.25, -0.2) is 4.79 Å². The van der Waals surface area contributed by atoms with Crippen LogP contribution in [0.2, 0.25) is 0 Å². The summed E-state index contributed by atoms with van der Waals surface area (Å²) in [6.07, 6.45) is 3.43. The molecule has 0 aromatic heterocycles. The highest BCUT2D eigenvalue weighted by Crippen LogP contribution is 2.08. The molecule has 0 unspecified atom stereocenters. The Kier molecular flexibility index (Phi) is 5.17. The predicted molar refractivity (Wildman–Crippen MR) is 49.8 cm³/mol. The van der Waals surface area contributed by atoms with Crippen LogP contribution in [0.4, 0.5) is 0 Å². The SMILES string of the molecule is CC=NOC(=O)C1OCCCCCO1. The molecule has 0 saturated carbocycles. The van der Waals surface area contributed by atoms with Gasteiger partial charge in [-0.2, -0.15) is 0 Å². The molecule has 1 heterocycles. The molecular weight excluding hydrogens is 186 g/mol. The molecule has 5 nitrogen and oxygen atoms in total. The average molecular weight is 201 g/mol. The summed E-state index contributed by atoms with van der Waals surface area (Å²) in [5.74, 6) is -0.593. The fourth-order valence-corrected chi connectivity index (χ4v) is 1.09. The predicted octanol–water partition coefficient (Wildman–Crippen LogP) is 1.08. The van der Waals surface area contributed by atoms with Crippen LogP contribution < -0.4 is 0 Å². The Morgan fingerprint density at radius 3 is 2.57 bits per heavy atom. The summed E-state index contributed by atoms with van der Waals surface area (Å²) in [4.78, 5) is 15.7. The minimum Gasteiger partial charge on any atom is -0.343 e. The average Bonchev–Trinajstić information content (AvgIpc) is 2.13. The van der Waals surface area contributed by atoms with Crippen molar-refractivity contribution >= 4 is 12.2 Å². The molecule has 0 N–H and O–H groups in total. The lowest BCUT2D eigenvalue weighted by Gasteiger charge is -2.18. The van der Waals surface area contributed by atoms with Gasteiger partial charge >= 0.3 is 5.97 Å². The lowest BCUT2D eigenvalue weighted by Crippen LogP contribution is -2.30. The van der Waals surface area contributed by atoms with Crippen LogP contribution in [0.3, 0.4) is 0 Å². The van der Waals surface area contributed by atoms with Gasteiger partial charge in [0, 0.05) is 6.21 Å². The number of oxime groups is 1. The zero-order chi connectivity index (χ0) is 10.2. The first-order valence-electron chi connectivity index (χ1n) is 4.76. The fourth-order valence-electron chi connectivity index (χ4n) is 1.09. The highest BCUT2D eigenvalue weighted by Gasteiger charge is 2.22. The van der Waals surface area contributed by atoms with E-state index in [1.165, 1.54) is 6.21 Å². The van der Waals surface area contributed by atoms with Gasteiger partial charge in [-0.15, -0.1) is 0 Å². The van der Waals surface area contributed by atoms with Gasteiger partial charge in [0.2, 0.25) is 0 Å². The Morgan fingerprint density at radius 1 is 1.36 bits per heavy atom. The molecule has 0 atom stereocenters. The standard InChI is InChI=1S/C9H15NO4/c1-2-10-14-8(11)9-12-6-4-3-5-7-13-9/h2,9H,3-7H2,1H3. The molecule has 1 saturated heterocycles. The number of ether oxygens (including phenoxy) is 2. The van der Waals surface area contributed by atoms with E-state index in [1.54, 1.807) is 6.92 Å². The maximum absolute atomic E-state index is 11.2. The molecule has 0 spiro atoms. The third-order valence-electron chi connectivity index (χ3n) is 1.77. The molecular formula is C9H15NO4. The number of hydrogen-bond acceptors (Lipinski definition) is 5. The summed E-state index contributed by atoms with van der Waals surface area (Å²) >= 11 is 0. The molecule has 0 amide bonds. The van der Waals surface area contributed by atoms with E-state index < -0.39 is 12.3 Å². The van der Waals surface area contributed by atoms with Crippen LogP contribution in [0.25, 0.3) is 0 Å². The van der Waals surface area contributed by atoms with Crippen LogP contribution in [0.1, 0.15) is 26.2 Å². The zero-order valence-electron chi connectivity index (χ0n) is 8.27. The highest BCUT2D eigenvalue weighted by atomic mass is 16.7. The largest absolute Gasteiger partial charge is 0.390 e. The number of carbonyl (C=O) groups is 1. The minimum atomic E-state index is -0.918. The van der Waals surface area contributed by atoms with E-state index in [0.717, 1.165) is 19.3 Å². The second kappa shape index (κ2) is 6.50. The summed E-state index contributed by atoms with van der Waals surface area (Å²) in [6.45, 7) is 2.71. The van der Waals surface area contributed by atoms with Gasteiger partial charge < -0.3 is 14.3 Å². The van der Waals surface area contributed by atoms with E-state index in [2.05, 4.69) is 9.99 Å². The quantitative estimate of drug-likeness (QED) is 0.381. The summed E-state index contributed by atoms with van der Waals surface area (Å²) in [6, 6.07) is 0. The molecule has 14 heavy (non-hydrogen) atoms. The lowest BCUT2D eigenvalue weighted by atomic mass is 10.2. The third-order valence-corrected chi connectivity index (χ3v) is 1.77. The van der Waals surface area contributed by atoms with Crippen molar-refractivity contribution in [2.45, 2.75) is 32.5 Å².